The lowest BCUT2D eigenvalue weighted by Crippen LogP contribution is -2.15. The van der Waals surface area contributed by atoms with Gasteiger partial charge in [-0.1, -0.05) is 30.3 Å². The molecule has 2 rings (SSSR count). The first kappa shape index (κ1) is 13.0. The van der Waals surface area contributed by atoms with Crippen molar-refractivity contribution in [1.29, 1.82) is 5.41 Å². The largest absolute Gasteiger partial charge is 0.476 e. The standard InChI is InChI=1S/C14H16N4O/c15-13(16)12-8-9-17-18-14(12)19-10-4-7-11-5-2-1-3-6-11/h1-3,5-6,8-9H,4,7,10H2,(H3,15,16). The number of rotatable bonds is 6. The summed E-state index contributed by atoms with van der Waals surface area (Å²) in [6, 6.07) is 11.8. The monoisotopic (exact) mass is 256 g/mol. The van der Waals surface area contributed by atoms with Gasteiger partial charge in [0.05, 0.1) is 18.4 Å². The molecule has 0 atom stereocenters. The van der Waals surface area contributed by atoms with Gasteiger partial charge in [0.15, 0.2) is 0 Å². The number of nitrogen functional groups attached to an aromatic ring is 1. The molecule has 2 aromatic rings. The van der Waals surface area contributed by atoms with E-state index in [1.807, 2.05) is 18.2 Å². The molecule has 1 aromatic heterocycles. The summed E-state index contributed by atoms with van der Waals surface area (Å²) in [5.74, 6) is 0.260. The highest BCUT2D eigenvalue weighted by Gasteiger charge is 2.07. The zero-order valence-corrected chi connectivity index (χ0v) is 10.5. The van der Waals surface area contributed by atoms with Gasteiger partial charge in [0.1, 0.15) is 5.84 Å². The van der Waals surface area contributed by atoms with Crippen LogP contribution in [0.2, 0.25) is 0 Å². The molecule has 0 saturated carbocycles. The van der Waals surface area contributed by atoms with Crippen LogP contribution in [0.4, 0.5) is 0 Å². The maximum atomic E-state index is 7.42. The molecule has 1 aromatic carbocycles. The smallest absolute Gasteiger partial charge is 0.244 e. The van der Waals surface area contributed by atoms with Crippen LogP contribution < -0.4 is 10.5 Å². The third-order valence-electron chi connectivity index (χ3n) is 2.67. The van der Waals surface area contributed by atoms with Crippen molar-refractivity contribution in [2.75, 3.05) is 6.61 Å². The second kappa shape index (κ2) is 6.49. The van der Waals surface area contributed by atoms with Crippen molar-refractivity contribution in [2.45, 2.75) is 12.8 Å². The molecule has 98 valence electrons. The Hall–Kier alpha value is -2.43. The number of hydrogen-bond acceptors (Lipinski definition) is 4. The molecule has 0 bridgehead atoms. The minimum atomic E-state index is -0.0621. The molecular formula is C14H16N4O. The Morgan fingerprint density at radius 2 is 2.00 bits per heavy atom. The average Bonchev–Trinajstić information content (AvgIpc) is 2.45. The summed E-state index contributed by atoms with van der Waals surface area (Å²) in [4.78, 5) is 0. The average molecular weight is 256 g/mol. The third-order valence-corrected chi connectivity index (χ3v) is 2.67. The van der Waals surface area contributed by atoms with Crippen molar-refractivity contribution in [3.8, 4) is 5.88 Å². The summed E-state index contributed by atoms with van der Waals surface area (Å²) in [5, 5.41) is 15.0. The van der Waals surface area contributed by atoms with E-state index in [-0.39, 0.29) is 5.84 Å². The van der Waals surface area contributed by atoms with Gasteiger partial charge in [0.2, 0.25) is 5.88 Å². The molecule has 19 heavy (non-hydrogen) atoms. The van der Waals surface area contributed by atoms with E-state index in [0.29, 0.717) is 18.1 Å². The van der Waals surface area contributed by atoms with Gasteiger partial charge in [-0.05, 0) is 24.5 Å². The van der Waals surface area contributed by atoms with Gasteiger partial charge in [0.25, 0.3) is 0 Å². The minimum Gasteiger partial charge on any atom is -0.476 e. The Morgan fingerprint density at radius 1 is 1.21 bits per heavy atom. The van der Waals surface area contributed by atoms with E-state index >= 15 is 0 Å². The zero-order valence-electron chi connectivity index (χ0n) is 10.5. The topological polar surface area (TPSA) is 84.9 Å². The first-order valence-electron chi connectivity index (χ1n) is 6.10. The first-order valence-corrected chi connectivity index (χ1v) is 6.10. The van der Waals surface area contributed by atoms with E-state index in [4.69, 9.17) is 15.9 Å². The Bertz CT molecular complexity index is 542. The van der Waals surface area contributed by atoms with E-state index in [9.17, 15) is 0 Å². The summed E-state index contributed by atoms with van der Waals surface area (Å²) in [5.41, 5.74) is 7.20. The maximum absolute atomic E-state index is 7.42. The molecule has 5 nitrogen and oxygen atoms in total. The highest BCUT2D eigenvalue weighted by molar-refractivity contribution is 5.96. The molecule has 0 unspecified atom stereocenters. The number of aryl methyl sites for hydroxylation is 1. The molecule has 0 fully saturated rings. The van der Waals surface area contributed by atoms with Crippen molar-refractivity contribution < 1.29 is 4.74 Å². The second-order valence-corrected chi connectivity index (χ2v) is 4.10. The number of aromatic nitrogens is 2. The summed E-state index contributed by atoms with van der Waals surface area (Å²) >= 11 is 0. The van der Waals surface area contributed by atoms with Crippen molar-refractivity contribution >= 4 is 5.84 Å². The Balaban J connectivity index is 1.85. The SMILES string of the molecule is N=C(N)c1ccnnc1OCCCc1ccccc1. The van der Waals surface area contributed by atoms with Crippen molar-refractivity contribution in [1.82, 2.24) is 10.2 Å². The van der Waals surface area contributed by atoms with Crippen LogP contribution in [-0.2, 0) is 6.42 Å². The highest BCUT2D eigenvalue weighted by atomic mass is 16.5. The number of benzene rings is 1. The molecule has 0 spiro atoms. The summed E-state index contributed by atoms with van der Waals surface area (Å²) < 4.78 is 5.53. The van der Waals surface area contributed by atoms with Crippen molar-refractivity contribution in [2.24, 2.45) is 5.73 Å². The van der Waals surface area contributed by atoms with Gasteiger partial charge in [-0.25, -0.2) is 0 Å². The predicted octanol–water partition coefficient (Wildman–Crippen LogP) is 1.77. The quantitative estimate of drug-likeness (QED) is 0.468. The van der Waals surface area contributed by atoms with Crippen LogP contribution in [0, 0.1) is 5.41 Å². The highest BCUT2D eigenvalue weighted by Crippen LogP contribution is 2.12. The number of nitrogens with zero attached hydrogens (tertiary/aromatic N) is 2. The Morgan fingerprint density at radius 3 is 2.74 bits per heavy atom. The van der Waals surface area contributed by atoms with Crippen molar-refractivity contribution in [3.63, 3.8) is 0 Å². The zero-order chi connectivity index (χ0) is 13.5. The molecule has 3 N–H and O–H groups in total. The van der Waals surface area contributed by atoms with Gasteiger partial charge < -0.3 is 10.5 Å². The van der Waals surface area contributed by atoms with Crippen LogP contribution in [0.3, 0.4) is 0 Å². The Kier molecular flexibility index (Phi) is 4.44. The molecule has 1 heterocycles. The lowest BCUT2D eigenvalue weighted by molar-refractivity contribution is 0.295. The van der Waals surface area contributed by atoms with Crippen LogP contribution >= 0.6 is 0 Å². The van der Waals surface area contributed by atoms with Crippen LogP contribution in [0.5, 0.6) is 5.88 Å². The summed E-state index contributed by atoms with van der Waals surface area (Å²) in [6.07, 6.45) is 3.31. The molecule has 0 amide bonds. The molecule has 0 aliphatic rings. The predicted molar refractivity (Wildman–Crippen MR) is 73.3 cm³/mol. The van der Waals surface area contributed by atoms with Crippen molar-refractivity contribution in [3.05, 3.63) is 53.7 Å². The lowest BCUT2D eigenvalue weighted by Gasteiger charge is -2.08. The first-order chi connectivity index (χ1) is 9.27. The molecule has 0 aliphatic carbocycles. The van der Waals surface area contributed by atoms with Gasteiger partial charge in [-0.2, -0.15) is 5.10 Å². The fraction of sp³-hybridized carbons (Fsp3) is 0.214. The van der Waals surface area contributed by atoms with Gasteiger partial charge >= 0.3 is 0 Å². The van der Waals surface area contributed by atoms with E-state index < -0.39 is 0 Å². The normalized spacial score (nSPS) is 10.1. The van der Waals surface area contributed by atoms with Gasteiger partial charge in [-0.3, -0.25) is 5.41 Å². The van der Waals surface area contributed by atoms with Gasteiger partial charge in [0, 0.05) is 0 Å². The number of amidine groups is 1. The summed E-state index contributed by atoms with van der Waals surface area (Å²) in [7, 11) is 0. The fourth-order valence-corrected chi connectivity index (χ4v) is 1.72. The number of ether oxygens (including phenoxy) is 1. The summed E-state index contributed by atoms with van der Waals surface area (Å²) in [6.45, 7) is 0.522. The molecule has 0 saturated heterocycles. The molecule has 0 radical (unpaired) electrons. The Labute approximate surface area is 111 Å². The van der Waals surface area contributed by atoms with Crippen LogP contribution in [0.15, 0.2) is 42.6 Å². The second-order valence-electron chi connectivity index (χ2n) is 4.10. The fourth-order valence-electron chi connectivity index (χ4n) is 1.72. The third kappa shape index (κ3) is 3.77. The number of hydrogen-bond donors (Lipinski definition) is 2. The van der Waals surface area contributed by atoms with Crippen LogP contribution in [0.1, 0.15) is 17.5 Å². The van der Waals surface area contributed by atoms with Crippen LogP contribution in [0.25, 0.3) is 0 Å². The maximum Gasteiger partial charge on any atom is 0.244 e. The van der Waals surface area contributed by atoms with Gasteiger partial charge in [-0.15, -0.1) is 5.10 Å². The molecule has 0 aliphatic heterocycles. The number of nitrogens with two attached hydrogens (primary N) is 1. The van der Waals surface area contributed by atoms with E-state index in [2.05, 4.69) is 22.3 Å². The van der Waals surface area contributed by atoms with E-state index in [1.165, 1.54) is 11.8 Å². The molecule has 5 heteroatoms. The minimum absolute atomic E-state index is 0.0621. The lowest BCUT2D eigenvalue weighted by atomic mass is 10.1. The number of nitrogens with one attached hydrogen (secondary N) is 1. The van der Waals surface area contributed by atoms with E-state index in [0.717, 1.165) is 12.8 Å². The van der Waals surface area contributed by atoms with E-state index in [1.54, 1.807) is 6.07 Å². The van der Waals surface area contributed by atoms with Crippen LogP contribution in [-0.4, -0.2) is 22.6 Å². The molecular weight excluding hydrogens is 240 g/mol.